The average Bonchev–Trinajstić information content (AvgIpc) is 3.40. The molecule has 0 N–H and O–H groups in total. The normalized spacial score (nSPS) is 14.1. The zero-order valence-corrected chi connectivity index (χ0v) is 19.9. The van der Waals surface area contributed by atoms with Crippen molar-refractivity contribution >= 4 is 22.7 Å². The van der Waals surface area contributed by atoms with E-state index in [1.807, 2.05) is 48.2 Å². The predicted octanol–water partition coefficient (Wildman–Crippen LogP) is 5.15. The van der Waals surface area contributed by atoms with Crippen LogP contribution in [0.3, 0.4) is 0 Å². The van der Waals surface area contributed by atoms with Crippen LogP contribution >= 0.6 is 0 Å². The number of carbonyl (C=O) groups excluding carboxylic acids is 1. The van der Waals surface area contributed by atoms with E-state index in [0.717, 1.165) is 60.8 Å². The van der Waals surface area contributed by atoms with Crippen molar-refractivity contribution in [2.75, 3.05) is 38.2 Å². The van der Waals surface area contributed by atoms with Gasteiger partial charge in [0.2, 0.25) is 0 Å². The number of piperazine rings is 1. The Morgan fingerprint density at radius 3 is 2.47 bits per heavy atom. The van der Waals surface area contributed by atoms with Crippen LogP contribution in [0.1, 0.15) is 28.2 Å². The third kappa shape index (κ3) is 4.40. The Morgan fingerprint density at radius 1 is 0.971 bits per heavy atom. The SMILES string of the molecule is COc1ccccc1N1CCN(C(=O)c2cc3oc(C)cc3n2CCCc2ccccc2)CC1. The first-order valence-electron chi connectivity index (χ1n) is 11.9. The summed E-state index contributed by atoms with van der Waals surface area (Å²) in [6, 6.07) is 22.5. The molecule has 0 aliphatic carbocycles. The number of ether oxygens (including phenoxy) is 1. The van der Waals surface area contributed by atoms with Gasteiger partial charge < -0.3 is 23.5 Å². The van der Waals surface area contributed by atoms with Crippen LogP contribution in [0, 0.1) is 6.92 Å². The van der Waals surface area contributed by atoms with E-state index in [0.29, 0.717) is 18.8 Å². The van der Waals surface area contributed by atoms with Gasteiger partial charge in [0.15, 0.2) is 5.58 Å². The first-order valence-corrected chi connectivity index (χ1v) is 11.9. The predicted molar refractivity (Wildman–Crippen MR) is 135 cm³/mol. The van der Waals surface area contributed by atoms with Crippen molar-refractivity contribution in [3.05, 3.63) is 83.7 Å². The standard InChI is InChI=1S/C28H31N3O3/c1-21-19-24-27(34-21)20-25(31(24)14-8-11-22-9-4-3-5-10-22)28(32)30-17-15-29(16-18-30)23-12-6-7-13-26(23)33-2/h3-7,9-10,12-13,19-20H,8,11,14-18H2,1-2H3. The Bertz CT molecular complexity index is 1270. The number of methoxy groups -OCH3 is 1. The molecule has 0 unspecified atom stereocenters. The summed E-state index contributed by atoms with van der Waals surface area (Å²) in [4.78, 5) is 17.8. The molecule has 0 saturated carbocycles. The maximum atomic E-state index is 13.6. The number of anilines is 1. The number of para-hydroxylation sites is 2. The van der Waals surface area contributed by atoms with Gasteiger partial charge in [-0.3, -0.25) is 4.79 Å². The zero-order valence-electron chi connectivity index (χ0n) is 19.9. The first-order chi connectivity index (χ1) is 16.6. The molecule has 1 fully saturated rings. The summed E-state index contributed by atoms with van der Waals surface area (Å²) < 4.78 is 13.5. The number of rotatable bonds is 7. The summed E-state index contributed by atoms with van der Waals surface area (Å²) in [7, 11) is 1.70. The van der Waals surface area contributed by atoms with E-state index in [4.69, 9.17) is 9.15 Å². The van der Waals surface area contributed by atoms with Crippen molar-refractivity contribution in [1.29, 1.82) is 0 Å². The van der Waals surface area contributed by atoms with Crippen molar-refractivity contribution in [1.82, 2.24) is 9.47 Å². The topological polar surface area (TPSA) is 50.9 Å². The van der Waals surface area contributed by atoms with E-state index >= 15 is 0 Å². The number of aromatic nitrogens is 1. The van der Waals surface area contributed by atoms with Gasteiger partial charge in [0.05, 0.1) is 18.3 Å². The molecule has 34 heavy (non-hydrogen) atoms. The van der Waals surface area contributed by atoms with Gasteiger partial charge in [-0.2, -0.15) is 0 Å². The van der Waals surface area contributed by atoms with Gasteiger partial charge in [-0.1, -0.05) is 42.5 Å². The highest BCUT2D eigenvalue weighted by molar-refractivity contribution is 5.97. The minimum atomic E-state index is 0.0726. The van der Waals surface area contributed by atoms with E-state index < -0.39 is 0 Å². The molecule has 2 aromatic heterocycles. The molecule has 0 atom stereocenters. The maximum Gasteiger partial charge on any atom is 0.270 e. The number of benzene rings is 2. The fourth-order valence-electron chi connectivity index (χ4n) is 4.87. The molecule has 1 aliphatic rings. The summed E-state index contributed by atoms with van der Waals surface area (Å²) in [5, 5.41) is 0. The summed E-state index contributed by atoms with van der Waals surface area (Å²) >= 11 is 0. The van der Waals surface area contributed by atoms with Gasteiger partial charge >= 0.3 is 0 Å². The largest absolute Gasteiger partial charge is 0.495 e. The Balaban J connectivity index is 1.31. The van der Waals surface area contributed by atoms with Crippen molar-refractivity contribution in [2.45, 2.75) is 26.3 Å². The van der Waals surface area contributed by atoms with Gasteiger partial charge in [0.1, 0.15) is 17.2 Å². The Labute approximate surface area is 200 Å². The first kappa shape index (κ1) is 22.1. The molecule has 176 valence electrons. The number of hydrogen-bond donors (Lipinski definition) is 0. The van der Waals surface area contributed by atoms with E-state index in [1.165, 1.54) is 5.56 Å². The molecular weight excluding hydrogens is 426 g/mol. The van der Waals surface area contributed by atoms with Crippen molar-refractivity contribution < 1.29 is 13.9 Å². The summed E-state index contributed by atoms with van der Waals surface area (Å²) in [5.74, 6) is 1.81. The van der Waals surface area contributed by atoms with E-state index in [1.54, 1.807) is 7.11 Å². The zero-order chi connectivity index (χ0) is 23.5. The maximum absolute atomic E-state index is 13.6. The highest BCUT2D eigenvalue weighted by Gasteiger charge is 2.27. The molecule has 1 aliphatic heterocycles. The molecule has 6 heteroatoms. The van der Waals surface area contributed by atoms with Crippen LogP contribution in [0.25, 0.3) is 11.1 Å². The molecule has 0 bridgehead atoms. The van der Waals surface area contributed by atoms with Crippen LogP contribution in [-0.4, -0.2) is 48.7 Å². The summed E-state index contributed by atoms with van der Waals surface area (Å²) in [6.45, 7) is 5.62. The molecule has 0 spiro atoms. The molecule has 5 rings (SSSR count). The minimum absolute atomic E-state index is 0.0726. The number of furan rings is 1. The van der Waals surface area contributed by atoms with E-state index in [-0.39, 0.29) is 5.91 Å². The summed E-state index contributed by atoms with van der Waals surface area (Å²) in [5.41, 5.74) is 4.89. The van der Waals surface area contributed by atoms with Crippen molar-refractivity contribution in [3.63, 3.8) is 0 Å². The molecule has 6 nitrogen and oxygen atoms in total. The van der Waals surface area contributed by atoms with Crippen molar-refractivity contribution in [3.8, 4) is 5.75 Å². The molecular formula is C28H31N3O3. The average molecular weight is 458 g/mol. The number of aryl methyl sites for hydroxylation is 3. The van der Waals surface area contributed by atoms with E-state index in [9.17, 15) is 4.79 Å². The lowest BCUT2D eigenvalue weighted by Crippen LogP contribution is -2.49. The van der Waals surface area contributed by atoms with Crippen LogP contribution in [0.4, 0.5) is 5.69 Å². The molecule has 3 heterocycles. The molecule has 4 aromatic rings. The van der Waals surface area contributed by atoms with Crippen LogP contribution in [-0.2, 0) is 13.0 Å². The third-order valence-corrected chi connectivity index (χ3v) is 6.61. The number of carbonyl (C=O) groups is 1. The minimum Gasteiger partial charge on any atom is -0.495 e. The quantitative estimate of drug-likeness (QED) is 0.385. The van der Waals surface area contributed by atoms with Crippen LogP contribution < -0.4 is 9.64 Å². The molecule has 1 saturated heterocycles. The second kappa shape index (κ2) is 9.67. The number of fused-ring (bicyclic) bond motifs is 1. The summed E-state index contributed by atoms with van der Waals surface area (Å²) in [6.07, 6.45) is 1.93. The van der Waals surface area contributed by atoms with Gasteiger partial charge in [-0.15, -0.1) is 0 Å². The Morgan fingerprint density at radius 2 is 1.71 bits per heavy atom. The van der Waals surface area contributed by atoms with Crippen LogP contribution in [0.2, 0.25) is 0 Å². The molecule has 0 radical (unpaired) electrons. The van der Waals surface area contributed by atoms with Gasteiger partial charge in [-0.25, -0.2) is 0 Å². The number of hydrogen-bond acceptors (Lipinski definition) is 4. The lowest BCUT2D eigenvalue weighted by Gasteiger charge is -2.36. The highest BCUT2D eigenvalue weighted by atomic mass is 16.5. The monoisotopic (exact) mass is 457 g/mol. The Kier molecular flexibility index (Phi) is 6.30. The second-order valence-electron chi connectivity index (χ2n) is 8.83. The smallest absolute Gasteiger partial charge is 0.270 e. The highest BCUT2D eigenvalue weighted by Crippen LogP contribution is 2.29. The van der Waals surface area contributed by atoms with Crippen molar-refractivity contribution in [2.24, 2.45) is 0 Å². The fraction of sp³-hybridized carbons (Fsp3) is 0.321. The molecule has 1 amide bonds. The second-order valence-corrected chi connectivity index (χ2v) is 8.83. The number of nitrogens with zero attached hydrogens (tertiary/aromatic N) is 3. The molecule has 2 aromatic carbocycles. The lowest BCUT2D eigenvalue weighted by molar-refractivity contribution is 0.0736. The lowest BCUT2D eigenvalue weighted by atomic mass is 10.1. The van der Waals surface area contributed by atoms with Gasteiger partial charge in [0.25, 0.3) is 5.91 Å². The number of amides is 1. The Hall–Kier alpha value is -3.67. The van der Waals surface area contributed by atoms with Gasteiger partial charge in [-0.05, 0) is 37.5 Å². The third-order valence-electron chi connectivity index (χ3n) is 6.61. The van der Waals surface area contributed by atoms with E-state index in [2.05, 4.69) is 39.8 Å². The van der Waals surface area contributed by atoms with Crippen LogP contribution in [0.5, 0.6) is 5.75 Å². The fourth-order valence-corrected chi connectivity index (χ4v) is 4.87. The van der Waals surface area contributed by atoms with Crippen LogP contribution in [0.15, 0.2) is 71.1 Å². The van der Waals surface area contributed by atoms with Gasteiger partial charge in [0, 0.05) is 44.9 Å².